The van der Waals surface area contributed by atoms with Crippen LogP contribution in [0.3, 0.4) is 0 Å². The molecular formula is C24H29F2N5O3S. The van der Waals surface area contributed by atoms with Gasteiger partial charge in [-0.2, -0.15) is 0 Å². The normalized spacial score (nSPS) is 20.3. The van der Waals surface area contributed by atoms with Crippen molar-refractivity contribution in [1.82, 2.24) is 4.98 Å². The predicted octanol–water partition coefficient (Wildman–Crippen LogP) is 3.85. The highest BCUT2D eigenvalue weighted by atomic mass is 32.2. The van der Waals surface area contributed by atoms with Crippen LogP contribution in [0.15, 0.2) is 30.3 Å². The molecule has 1 amide bonds. The number of aromatic nitrogens is 1. The summed E-state index contributed by atoms with van der Waals surface area (Å²) >= 11 is 0. The van der Waals surface area contributed by atoms with E-state index in [1.54, 1.807) is 30.3 Å². The van der Waals surface area contributed by atoms with Crippen molar-refractivity contribution in [2.24, 2.45) is 5.41 Å². The Morgan fingerprint density at radius 2 is 1.71 bits per heavy atom. The number of alkyl halides is 2. The first kappa shape index (κ1) is 23.8. The Balaban J connectivity index is 1.40. The van der Waals surface area contributed by atoms with Gasteiger partial charge in [-0.15, -0.1) is 0 Å². The first-order valence-electron chi connectivity index (χ1n) is 11.7. The van der Waals surface area contributed by atoms with Gasteiger partial charge in [0, 0.05) is 13.1 Å². The summed E-state index contributed by atoms with van der Waals surface area (Å²) in [6.45, 7) is 2.60. The first-order chi connectivity index (χ1) is 16.4. The standard InChI is InChI=1S/C24H29F2N5O3S/c1-16-11-20(27-21(12-16)31-14-24(25,26)15-31)28-22(32)18-4-3-17(29-35(2,33)34)13-19(18)30-9-7-23(5-6-23)8-10-30/h3-4,11-13,29H,5-10,14-15H2,1-2H3,(H,27,28,32). The maximum atomic E-state index is 13.3. The van der Waals surface area contributed by atoms with E-state index >= 15 is 0 Å². The van der Waals surface area contributed by atoms with Crippen molar-refractivity contribution >= 4 is 38.9 Å². The zero-order valence-electron chi connectivity index (χ0n) is 19.8. The van der Waals surface area contributed by atoms with Crippen molar-refractivity contribution in [3.63, 3.8) is 0 Å². The van der Waals surface area contributed by atoms with Gasteiger partial charge in [-0.3, -0.25) is 9.52 Å². The number of nitrogens with one attached hydrogen (secondary N) is 2. The zero-order valence-corrected chi connectivity index (χ0v) is 20.6. The fourth-order valence-electron chi connectivity index (χ4n) is 4.89. The third-order valence-electron chi connectivity index (χ3n) is 7.03. The number of hydrogen-bond acceptors (Lipinski definition) is 6. The van der Waals surface area contributed by atoms with E-state index in [4.69, 9.17) is 0 Å². The van der Waals surface area contributed by atoms with E-state index in [1.165, 1.54) is 17.7 Å². The molecule has 2 saturated heterocycles. The number of halogens is 2. The number of sulfonamides is 1. The van der Waals surface area contributed by atoms with Gasteiger partial charge < -0.3 is 15.1 Å². The van der Waals surface area contributed by atoms with E-state index in [1.807, 2.05) is 6.92 Å². The molecule has 1 aromatic heterocycles. The quantitative estimate of drug-likeness (QED) is 0.620. The van der Waals surface area contributed by atoms with Gasteiger partial charge in [-0.05, 0) is 73.9 Å². The molecule has 1 saturated carbocycles. The molecule has 11 heteroatoms. The van der Waals surface area contributed by atoms with E-state index in [0.717, 1.165) is 37.8 Å². The summed E-state index contributed by atoms with van der Waals surface area (Å²) in [7, 11) is -3.48. The average Bonchev–Trinajstić information content (AvgIpc) is 3.49. The van der Waals surface area contributed by atoms with E-state index in [2.05, 4.69) is 19.9 Å². The SMILES string of the molecule is Cc1cc(NC(=O)c2ccc(NS(C)(=O)=O)cc2N2CCC3(CC2)CC3)nc(N2CC(F)(F)C2)c1. The topological polar surface area (TPSA) is 94.6 Å². The van der Waals surface area contributed by atoms with Gasteiger partial charge in [0.2, 0.25) is 10.0 Å². The minimum absolute atomic E-state index is 0.278. The molecule has 1 spiro atoms. The number of carbonyl (C=O) groups excluding carboxylic acids is 1. The van der Waals surface area contributed by atoms with Gasteiger partial charge in [0.25, 0.3) is 11.8 Å². The van der Waals surface area contributed by atoms with Crippen molar-refractivity contribution in [1.29, 1.82) is 0 Å². The second-order valence-corrected chi connectivity index (χ2v) is 11.9. The summed E-state index contributed by atoms with van der Waals surface area (Å²) in [6.07, 6.45) is 5.66. The van der Waals surface area contributed by atoms with Gasteiger partial charge in [0.15, 0.2) is 0 Å². The lowest BCUT2D eigenvalue weighted by atomic mass is 9.93. The maximum Gasteiger partial charge on any atom is 0.282 e. The number of benzene rings is 1. The highest BCUT2D eigenvalue weighted by Crippen LogP contribution is 2.54. The summed E-state index contributed by atoms with van der Waals surface area (Å²) in [5.41, 5.74) is 2.68. The third-order valence-corrected chi connectivity index (χ3v) is 7.64. The fourth-order valence-corrected chi connectivity index (χ4v) is 5.45. The molecule has 0 unspecified atom stereocenters. The molecule has 0 atom stereocenters. The molecule has 3 aliphatic rings. The fraction of sp³-hybridized carbons (Fsp3) is 0.500. The lowest BCUT2D eigenvalue weighted by Gasteiger charge is -2.39. The summed E-state index contributed by atoms with van der Waals surface area (Å²) in [5.74, 6) is -2.44. The predicted molar refractivity (Wildman–Crippen MR) is 132 cm³/mol. The van der Waals surface area contributed by atoms with Crippen LogP contribution in [0, 0.1) is 12.3 Å². The smallest absolute Gasteiger partial charge is 0.282 e. The van der Waals surface area contributed by atoms with Crippen LogP contribution in [0.25, 0.3) is 0 Å². The van der Waals surface area contributed by atoms with Gasteiger partial charge in [0.05, 0.1) is 36.3 Å². The minimum atomic E-state index is -3.48. The molecule has 1 aromatic carbocycles. The van der Waals surface area contributed by atoms with Crippen LogP contribution in [0.2, 0.25) is 0 Å². The largest absolute Gasteiger partial charge is 0.371 e. The molecule has 0 bridgehead atoms. The average molecular weight is 506 g/mol. The highest BCUT2D eigenvalue weighted by molar-refractivity contribution is 7.92. The Labute approximate surface area is 203 Å². The Kier molecular flexibility index (Phi) is 5.65. The van der Waals surface area contributed by atoms with Crippen molar-refractivity contribution in [3.05, 3.63) is 41.5 Å². The van der Waals surface area contributed by atoms with E-state index in [-0.39, 0.29) is 5.82 Å². The van der Waals surface area contributed by atoms with Crippen LogP contribution >= 0.6 is 0 Å². The molecule has 1 aliphatic carbocycles. The van der Waals surface area contributed by atoms with Gasteiger partial charge in [-0.25, -0.2) is 22.2 Å². The van der Waals surface area contributed by atoms with Gasteiger partial charge in [0.1, 0.15) is 11.6 Å². The number of nitrogens with zero attached hydrogens (tertiary/aromatic N) is 3. The molecule has 35 heavy (non-hydrogen) atoms. The lowest BCUT2D eigenvalue weighted by Crippen LogP contribution is -2.56. The Hall–Kier alpha value is -2.95. The molecule has 0 radical (unpaired) electrons. The lowest BCUT2D eigenvalue weighted by molar-refractivity contribution is -0.0267. The Morgan fingerprint density at radius 1 is 1.03 bits per heavy atom. The molecule has 2 aromatic rings. The summed E-state index contributed by atoms with van der Waals surface area (Å²) < 4.78 is 52.7. The van der Waals surface area contributed by atoms with Crippen LogP contribution in [-0.2, 0) is 10.0 Å². The molecular weight excluding hydrogens is 476 g/mol. The molecule has 3 fully saturated rings. The van der Waals surface area contributed by atoms with E-state index < -0.39 is 34.9 Å². The molecule has 5 rings (SSSR count). The van der Waals surface area contributed by atoms with Crippen LogP contribution in [-0.4, -0.2) is 57.7 Å². The maximum absolute atomic E-state index is 13.3. The van der Waals surface area contributed by atoms with E-state index in [9.17, 15) is 22.0 Å². The number of hydrogen-bond donors (Lipinski definition) is 2. The molecule has 8 nitrogen and oxygen atoms in total. The van der Waals surface area contributed by atoms with Gasteiger partial charge in [-0.1, -0.05) is 0 Å². The van der Waals surface area contributed by atoms with Crippen molar-refractivity contribution in [3.8, 4) is 0 Å². The van der Waals surface area contributed by atoms with Crippen molar-refractivity contribution in [2.75, 3.05) is 52.3 Å². The number of piperidine rings is 1. The second-order valence-electron chi connectivity index (χ2n) is 10.1. The third kappa shape index (κ3) is 5.34. The van der Waals surface area contributed by atoms with Crippen LogP contribution < -0.4 is 19.8 Å². The monoisotopic (exact) mass is 505 g/mol. The van der Waals surface area contributed by atoms with Gasteiger partial charge >= 0.3 is 0 Å². The van der Waals surface area contributed by atoms with Crippen LogP contribution in [0.5, 0.6) is 0 Å². The summed E-state index contributed by atoms with van der Waals surface area (Å²) in [5, 5.41) is 2.81. The Bertz CT molecular complexity index is 1260. The number of aryl methyl sites for hydroxylation is 1. The number of rotatable bonds is 6. The van der Waals surface area contributed by atoms with Crippen LogP contribution in [0.4, 0.5) is 31.8 Å². The Morgan fingerprint density at radius 3 is 2.31 bits per heavy atom. The minimum Gasteiger partial charge on any atom is -0.371 e. The highest BCUT2D eigenvalue weighted by Gasteiger charge is 2.45. The molecule has 2 aliphatic heterocycles. The van der Waals surface area contributed by atoms with Crippen molar-refractivity contribution < 1.29 is 22.0 Å². The number of anilines is 4. The number of pyridine rings is 1. The van der Waals surface area contributed by atoms with Crippen LogP contribution in [0.1, 0.15) is 41.6 Å². The second kappa shape index (κ2) is 8.32. The molecule has 2 N–H and O–H groups in total. The van der Waals surface area contributed by atoms with E-state index in [0.29, 0.717) is 28.2 Å². The molecule has 3 heterocycles. The summed E-state index contributed by atoms with van der Waals surface area (Å²) in [4.78, 5) is 21.3. The molecule has 188 valence electrons. The zero-order chi connectivity index (χ0) is 25.0. The first-order valence-corrected chi connectivity index (χ1v) is 13.6. The number of amides is 1. The summed E-state index contributed by atoms with van der Waals surface area (Å²) in [6, 6.07) is 8.26. The number of carbonyl (C=O) groups is 1. The van der Waals surface area contributed by atoms with Crippen molar-refractivity contribution in [2.45, 2.75) is 38.5 Å².